The van der Waals surface area contributed by atoms with Crippen LogP contribution >= 0.6 is 11.6 Å². The molecule has 0 aromatic heterocycles. The fourth-order valence-electron chi connectivity index (χ4n) is 3.26. The Morgan fingerprint density at radius 3 is 2.42 bits per heavy atom. The smallest absolute Gasteiger partial charge is 0.336 e. The van der Waals surface area contributed by atoms with Crippen LogP contribution in [0.3, 0.4) is 0 Å². The van der Waals surface area contributed by atoms with Gasteiger partial charge in [0.25, 0.3) is 0 Å². The molecule has 3 rings (SSSR count). The molecule has 1 aliphatic heterocycles. The van der Waals surface area contributed by atoms with Gasteiger partial charge in [-0.1, -0.05) is 54.1 Å². The average molecular weight is 370 g/mol. The lowest BCUT2D eigenvalue weighted by atomic mass is 9.82. The zero-order valence-corrected chi connectivity index (χ0v) is 15.5. The molecule has 0 bridgehead atoms. The standard InChI is InChI=1S/C21H20ClNO3/c1-3-26-21(25)19-17(14-9-11-16(22)12-10-14)13-18(24)23(2)20(19)15-7-5-4-6-8-15/h4-12,17H,3,13H2,1-2H3. The lowest BCUT2D eigenvalue weighted by molar-refractivity contribution is -0.139. The zero-order valence-electron chi connectivity index (χ0n) is 14.7. The summed E-state index contributed by atoms with van der Waals surface area (Å²) in [4.78, 5) is 27.1. The number of hydrogen-bond acceptors (Lipinski definition) is 3. The predicted molar refractivity (Wildman–Crippen MR) is 102 cm³/mol. The first-order valence-electron chi connectivity index (χ1n) is 8.51. The molecule has 1 unspecified atom stereocenters. The van der Waals surface area contributed by atoms with Gasteiger partial charge in [-0.25, -0.2) is 4.79 Å². The highest BCUT2D eigenvalue weighted by molar-refractivity contribution is 6.30. The summed E-state index contributed by atoms with van der Waals surface area (Å²) in [6, 6.07) is 16.7. The molecule has 0 N–H and O–H groups in total. The van der Waals surface area contributed by atoms with Crippen molar-refractivity contribution in [2.24, 2.45) is 0 Å². The maximum absolute atomic E-state index is 12.8. The van der Waals surface area contributed by atoms with Gasteiger partial charge in [-0.3, -0.25) is 4.79 Å². The van der Waals surface area contributed by atoms with Crippen molar-refractivity contribution in [3.05, 3.63) is 76.3 Å². The Kier molecular flexibility index (Phi) is 5.43. The summed E-state index contributed by atoms with van der Waals surface area (Å²) in [7, 11) is 1.70. The Morgan fingerprint density at radius 1 is 1.15 bits per heavy atom. The van der Waals surface area contributed by atoms with E-state index in [2.05, 4.69) is 0 Å². The van der Waals surface area contributed by atoms with E-state index in [0.29, 0.717) is 16.3 Å². The molecule has 0 aliphatic carbocycles. The Bertz CT molecular complexity index is 843. The second kappa shape index (κ2) is 7.75. The van der Waals surface area contributed by atoms with Crippen LogP contribution in [0.25, 0.3) is 5.70 Å². The van der Waals surface area contributed by atoms with Crippen LogP contribution in [0.5, 0.6) is 0 Å². The van der Waals surface area contributed by atoms with E-state index >= 15 is 0 Å². The number of ether oxygens (including phenoxy) is 1. The highest BCUT2D eigenvalue weighted by atomic mass is 35.5. The third-order valence-corrected chi connectivity index (χ3v) is 4.76. The fourth-order valence-corrected chi connectivity index (χ4v) is 3.38. The first-order valence-corrected chi connectivity index (χ1v) is 8.89. The maximum Gasteiger partial charge on any atom is 0.336 e. The maximum atomic E-state index is 12.8. The monoisotopic (exact) mass is 369 g/mol. The fraction of sp³-hybridized carbons (Fsp3) is 0.238. The van der Waals surface area contributed by atoms with Crippen molar-refractivity contribution in [3.63, 3.8) is 0 Å². The van der Waals surface area contributed by atoms with Crippen molar-refractivity contribution in [2.45, 2.75) is 19.3 Å². The van der Waals surface area contributed by atoms with Crippen molar-refractivity contribution >= 4 is 29.2 Å². The number of carbonyl (C=O) groups excluding carboxylic acids is 2. The van der Waals surface area contributed by atoms with Crippen molar-refractivity contribution in [3.8, 4) is 0 Å². The molecule has 0 radical (unpaired) electrons. The van der Waals surface area contributed by atoms with E-state index in [1.807, 2.05) is 42.5 Å². The second-order valence-electron chi connectivity index (χ2n) is 6.11. The number of amides is 1. The van der Waals surface area contributed by atoms with E-state index in [0.717, 1.165) is 11.1 Å². The third-order valence-electron chi connectivity index (χ3n) is 4.51. The number of benzene rings is 2. The van der Waals surface area contributed by atoms with E-state index in [-0.39, 0.29) is 24.9 Å². The number of hydrogen-bond donors (Lipinski definition) is 0. The number of esters is 1. The van der Waals surface area contributed by atoms with Gasteiger partial charge in [0.15, 0.2) is 0 Å². The van der Waals surface area contributed by atoms with Gasteiger partial charge in [0.05, 0.1) is 17.9 Å². The van der Waals surface area contributed by atoms with E-state index in [9.17, 15) is 9.59 Å². The normalized spacial score (nSPS) is 17.4. The Hall–Kier alpha value is -2.59. The molecule has 1 amide bonds. The Balaban J connectivity index is 2.22. The highest BCUT2D eigenvalue weighted by Crippen LogP contribution is 2.40. The van der Waals surface area contributed by atoms with Gasteiger partial charge in [0.2, 0.25) is 5.91 Å². The van der Waals surface area contributed by atoms with Crippen molar-refractivity contribution in [1.82, 2.24) is 4.90 Å². The number of halogens is 1. The summed E-state index contributed by atoms with van der Waals surface area (Å²) in [5.74, 6) is -0.812. The van der Waals surface area contributed by atoms with Crippen molar-refractivity contribution in [2.75, 3.05) is 13.7 Å². The molecular formula is C21H20ClNO3. The Morgan fingerprint density at radius 2 is 1.81 bits per heavy atom. The third kappa shape index (κ3) is 3.51. The minimum absolute atomic E-state index is 0.0446. The van der Waals surface area contributed by atoms with Crippen LogP contribution in [-0.2, 0) is 14.3 Å². The summed E-state index contributed by atoms with van der Waals surface area (Å²) in [5.41, 5.74) is 2.78. The minimum Gasteiger partial charge on any atom is -0.463 e. The minimum atomic E-state index is -0.398. The molecule has 1 atom stereocenters. The largest absolute Gasteiger partial charge is 0.463 e. The second-order valence-corrected chi connectivity index (χ2v) is 6.55. The van der Waals surface area contributed by atoms with Crippen LogP contribution < -0.4 is 0 Å². The van der Waals surface area contributed by atoms with Crippen LogP contribution in [-0.4, -0.2) is 30.4 Å². The molecule has 0 spiro atoms. The van der Waals surface area contributed by atoms with Gasteiger partial charge >= 0.3 is 5.97 Å². The predicted octanol–water partition coefficient (Wildman–Crippen LogP) is 4.26. The highest BCUT2D eigenvalue weighted by Gasteiger charge is 2.37. The van der Waals surface area contributed by atoms with Crippen LogP contribution in [0.15, 0.2) is 60.2 Å². The molecule has 1 aliphatic rings. The molecule has 0 saturated heterocycles. The van der Waals surface area contributed by atoms with Gasteiger partial charge in [-0.05, 0) is 30.2 Å². The molecule has 4 nitrogen and oxygen atoms in total. The number of rotatable bonds is 4. The van der Waals surface area contributed by atoms with Gasteiger partial charge in [0, 0.05) is 24.4 Å². The summed E-state index contributed by atoms with van der Waals surface area (Å²) < 4.78 is 5.33. The number of carbonyl (C=O) groups is 2. The lowest BCUT2D eigenvalue weighted by Crippen LogP contribution is -2.36. The lowest BCUT2D eigenvalue weighted by Gasteiger charge is -2.33. The Labute approximate surface area is 158 Å². The van der Waals surface area contributed by atoms with E-state index in [1.54, 1.807) is 31.0 Å². The molecule has 0 fully saturated rings. The summed E-state index contributed by atoms with van der Waals surface area (Å²) in [6.07, 6.45) is 0.211. The SMILES string of the molecule is CCOC(=O)C1=C(c2ccccc2)N(C)C(=O)CC1c1ccc(Cl)cc1. The molecule has 134 valence electrons. The quantitative estimate of drug-likeness (QED) is 0.756. The van der Waals surface area contributed by atoms with Gasteiger partial charge in [0.1, 0.15) is 0 Å². The molecule has 1 heterocycles. The molecule has 26 heavy (non-hydrogen) atoms. The molecular weight excluding hydrogens is 350 g/mol. The van der Waals surface area contributed by atoms with Crippen molar-refractivity contribution in [1.29, 1.82) is 0 Å². The van der Waals surface area contributed by atoms with E-state index in [4.69, 9.17) is 16.3 Å². The summed E-state index contributed by atoms with van der Waals surface area (Å²) >= 11 is 6.00. The van der Waals surface area contributed by atoms with E-state index < -0.39 is 5.97 Å². The van der Waals surface area contributed by atoms with Crippen LogP contribution in [0.4, 0.5) is 0 Å². The summed E-state index contributed by atoms with van der Waals surface area (Å²) in [6.45, 7) is 2.05. The molecule has 5 heteroatoms. The van der Waals surface area contributed by atoms with Crippen LogP contribution in [0.2, 0.25) is 5.02 Å². The first kappa shape index (κ1) is 18.2. The van der Waals surface area contributed by atoms with Crippen molar-refractivity contribution < 1.29 is 14.3 Å². The molecule has 0 saturated carbocycles. The first-order chi connectivity index (χ1) is 12.5. The molecule has 2 aromatic rings. The van der Waals surface area contributed by atoms with Gasteiger partial charge in [-0.2, -0.15) is 0 Å². The van der Waals surface area contributed by atoms with Gasteiger partial charge < -0.3 is 9.64 Å². The number of nitrogens with zero attached hydrogens (tertiary/aromatic N) is 1. The topological polar surface area (TPSA) is 46.6 Å². The van der Waals surface area contributed by atoms with E-state index in [1.165, 1.54) is 0 Å². The van der Waals surface area contributed by atoms with Crippen LogP contribution in [0, 0.1) is 0 Å². The van der Waals surface area contributed by atoms with Gasteiger partial charge in [-0.15, -0.1) is 0 Å². The zero-order chi connectivity index (χ0) is 18.7. The summed E-state index contributed by atoms with van der Waals surface area (Å²) in [5, 5.41) is 0.609. The average Bonchev–Trinajstić information content (AvgIpc) is 2.65. The molecule has 2 aromatic carbocycles. The van der Waals surface area contributed by atoms with Crippen LogP contribution in [0.1, 0.15) is 30.4 Å².